The van der Waals surface area contributed by atoms with Crippen molar-refractivity contribution >= 4 is 27.7 Å². The number of hydrogen-bond donors (Lipinski definition) is 1. The van der Waals surface area contributed by atoms with Crippen molar-refractivity contribution in [2.24, 2.45) is 0 Å². The fourth-order valence-corrected chi connectivity index (χ4v) is 3.60. The van der Waals surface area contributed by atoms with Gasteiger partial charge in [0.1, 0.15) is 11.8 Å². The molecule has 0 aliphatic heterocycles. The molecule has 0 unspecified atom stereocenters. The summed E-state index contributed by atoms with van der Waals surface area (Å²) in [4.78, 5) is 27.3. The zero-order valence-corrected chi connectivity index (χ0v) is 20.0. The number of carbonyl (C=O) groups excluding carboxylic acids is 2. The Labute approximate surface area is 187 Å². The first-order valence-electron chi connectivity index (χ1n) is 10.3. The third kappa shape index (κ3) is 6.59. The van der Waals surface area contributed by atoms with Gasteiger partial charge in [-0.1, -0.05) is 37.3 Å². The highest BCUT2D eigenvalue weighted by molar-refractivity contribution is 9.10. The third-order valence-corrected chi connectivity index (χ3v) is 5.58. The summed E-state index contributed by atoms with van der Waals surface area (Å²) in [6, 6.07) is 13.1. The van der Waals surface area contributed by atoms with Gasteiger partial charge in [0.2, 0.25) is 5.91 Å². The summed E-state index contributed by atoms with van der Waals surface area (Å²) in [5, 5.41) is 2.89. The predicted molar refractivity (Wildman–Crippen MR) is 123 cm³/mol. The van der Waals surface area contributed by atoms with Gasteiger partial charge >= 0.3 is 0 Å². The van der Waals surface area contributed by atoms with Crippen molar-refractivity contribution in [3.63, 3.8) is 0 Å². The maximum atomic E-state index is 13.1. The van der Waals surface area contributed by atoms with E-state index >= 15 is 0 Å². The van der Waals surface area contributed by atoms with Gasteiger partial charge in [-0.3, -0.25) is 9.59 Å². The first-order chi connectivity index (χ1) is 14.2. The normalized spacial score (nSPS) is 11.8. The molecular weight excluding hydrogens is 444 g/mol. The highest BCUT2D eigenvalue weighted by Crippen LogP contribution is 2.26. The summed E-state index contributed by atoms with van der Waals surface area (Å²) >= 11 is 3.50. The van der Waals surface area contributed by atoms with E-state index in [9.17, 15) is 9.59 Å². The first kappa shape index (κ1) is 23.9. The second kappa shape index (κ2) is 11.2. The third-order valence-electron chi connectivity index (χ3n) is 4.96. The molecule has 30 heavy (non-hydrogen) atoms. The van der Waals surface area contributed by atoms with Crippen LogP contribution in [0.3, 0.4) is 0 Å². The van der Waals surface area contributed by atoms with Gasteiger partial charge in [0, 0.05) is 12.6 Å². The van der Waals surface area contributed by atoms with E-state index in [1.807, 2.05) is 63.2 Å². The molecule has 2 rings (SSSR count). The minimum Gasteiger partial charge on any atom is -0.483 e. The highest BCUT2D eigenvalue weighted by atomic mass is 79.9. The molecule has 0 spiro atoms. The lowest BCUT2D eigenvalue weighted by atomic mass is 10.1. The Balaban J connectivity index is 2.18. The van der Waals surface area contributed by atoms with Gasteiger partial charge in [-0.05, 0) is 78.9 Å². The van der Waals surface area contributed by atoms with Gasteiger partial charge in [0.25, 0.3) is 5.91 Å². The Kier molecular flexibility index (Phi) is 8.90. The molecular formula is C24H31BrN2O3. The van der Waals surface area contributed by atoms with Crippen molar-refractivity contribution in [2.45, 2.75) is 59.7 Å². The van der Waals surface area contributed by atoms with Gasteiger partial charge in [0.05, 0.1) is 4.47 Å². The van der Waals surface area contributed by atoms with Crippen LogP contribution in [0, 0.1) is 6.92 Å². The number of nitrogens with zero attached hydrogens (tertiary/aromatic N) is 1. The minimum absolute atomic E-state index is 0.000325. The molecule has 0 aliphatic rings. The molecule has 6 heteroatoms. The monoisotopic (exact) mass is 474 g/mol. The molecule has 0 fully saturated rings. The summed E-state index contributed by atoms with van der Waals surface area (Å²) in [6.45, 7) is 9.84. The van der Waals surface area contributed by atoms with Crippen molar-refractivity contribution in [2.75, 3.05) is 6.61 Å². The van der Waals surface area contributed by atoms with Gasteiger partial charge in [0.15, 0.2) is 6.61 Å². The Bertz CT molecular complexity index is 883. The summed E-state index contributed by atoms with van der Waals surface area (Å²) in [7, 11) is 0. The number of benzene rings is 2. The molecule has 5 nitrogen and oxygen atoms in total. The van der Waals surface area contributed by atoms with Crippen molar-refractivity contribution in [3.8, 4) is 5.75 Å². The zero-order chi connectivity index (χ0) is 22.3. The zero-order valence-electron chi connectivity index (χ0n) is 18.4. The SMILES string of the molecule is CCc1ccc(OCC(=O)N(Cc2ccccc2C)[C@H](C)C(=O)NC(C)C)c(Br)c1. The van der Waals surface area contributed by atoms with Crippen molar-refractivity contribution < 1.29 is 14.3 Å². The average Bonchev–Trinajstić information content (AvgIpc) is 2.71. The Morgan fingerprint density at radius 1 is 1.13 bits per heavy atom. The van der Waals surface area contributed by atoms with Crippen LogP contribution in [0.2, 0.25) is 0 Å². The standard InChI is InChI=1S/C24H31BrN2O3/c1-6-19-11-12-22(21(25)13-19)30-15-23(28)27(18(5)24(29)26-16(2)3)14-20-10-8-7-9-17(20)4/h7-13,16,18H,6,14-15H2,1-5H3,(H,26,29)/t18-/m1/s1. The topological polar surface area (TPSA) is 58.6 Å². The number of rotatable bonds is 9. The summed E-state index contributed by atoms with van der Waals surface area (Å²) < 4.78 is 6.60. The lowest BCUT2D eigenvalue weighted by Gasteiger charge is -2.30. The fraction of sp³-hybridized carbons (Fsp3) is 0.417. The summed E-state index contributed by atoms with van der Waals surface area (Å²) in [5.41, 5.74) is 3.26. The number of carbonyl (C=O) groups is 2. The molecule has 0 heterocycles. The number of aryl methyl sites for hydroxylation is 2. The Hall–Kier alpha value is -2.34. The van der Waals surface area contributed by atoms with Crippen molar-refractivity contribution in [1.82, 2.24) is 10.2 Å². The Morgan fingerprint density at radius 2 is 1.83 bits per heavy atom. The maximum Gasteiger partial charge on any atom is 0.261 e. The first-order valence-corrected chi connectivity index (χ1v) is 11.1. The van der Waals surface area contributed by atoms with Crippen LogP contribution in [-0.2, 0) is 22.6 Å². The fourth-order valence-electron chi connectivity index (χ4n) is 3.06. The summed E-state index contributed by atoms with van der Waals surface area (Å²) in [6.07, 6.45) is 0.921. The molecule has 0 saturated carbocycles. The van der Waals surface area contributed by atoms with Gasteiger partial charge < -0.3 is 15.0 Å². The van der Waals surface area contributed by atoms with E-state index in [4.69, 9.17) is 4.74 Å². The largest absolute Gasteiger partial charge is 0.483 e. The van der Waals surface area contributed by atoms with Gasteiger partial charge in [-0.25, -0.2) is 0 Å². The number of ether oxygens (including phenoxy) is 1. The van der Waals surface area contributed by atoms with Crippen LogP contribution in [0.25, 0.3) is 0 Å². The second-order valence-corrected chi connectivity index (χ2v) is 8.55. The van der Waals surface area contributed by atoms with E-state index in [-0.39, 0.29) is 24.5 Å². The lowest BCUT2D eigenvalue weighted by molar-refractivity contribution is -0.142. The van der Waals surface area contributed by atoms with E-state index in [1.165, 1.54) is 5.56 Å². The molecule has 1 atom stereocenters. The maximum absolute atomic E-state index is 13.1. The highest BCUT2D eigenvalue weighted by Gasteiger charge is 2.27. The smallest absolute Gasteiger partial charge is 0.261 e. The van der Waals surface area contributed by atoms with Crippen molar-refractivity contribution in [1.29, 1.82) is 0 Å². The van der Waals surface area contributed by atoms with E-state index in [0.717, 1.165) is 22.0 Å². The average molecular weight is 475 g/mol. The number of halogens is 1. The molecule has 2 amide bonds. The quantitative estimate of drug-likeness (QED) is 0.575. The number of nitrogens with one attached hydrogen (secondary N) is 1. The van der Waals surface area contributed by atoms with E-state index in [0.29, 0.717) is 12.3 Å². The molecule has 0 saturated heterocycles. The Morgan fingerprint density at radius 3 is 2.43 bits per heavy atom. The molecule has 162 valence electrons. The van der Waals surface area contributed by atoms with Crippen LogP contribution in [0.5, 0.6) is 5.75 Å². The molecule has 1 N–H and O–H groups in total. The lowest BCUT2D eigenvalue weighted by Crippen LogP contribution is -2.50. The number of amides is 2. The second-order valence-electron chi connectivity index (χ2n) is 7.69. The van der Waals surface area contributed by atoms with Crippen LogP contribution < -0.4 is 10.1 Å². The van der Waals surface area contributed by atoms with Crippen LogP contribution >= 0.6 is 15.9 Å². The minimum atomic E-state index is -0.617. The predicted octanol–water partition coefficient (Wildman–Crippen LogP) is 4.64. The molecule has 0 bridgehead atoms. The van der Waals surface area contributed by atoms with Crippen LogP contribution in [0.1, 0.15) is 44.4 Å². The van der Waals surface area contributed by atoms with Crippen LogP contribution in [0.15, 0.2) is 46.9 Å². The molecule has 0 aromatic heterocycles. The van der Waals surface area contributed by atoms with E-state index in [2.05, 4.69) is 28.2 Å². The van der Waals surface area contributed by atoms with Crippen LogP contribution in [-0.4, -0.2) is 35.4 Å². The molecule has 2 aromatic carbocycles. The number of hydrogen-bond acceptors (Lipinski definition) is 3. The van der Waals surface area contributed by atoms with E-state index in [1.54, 1.807) is 11.8 Å². The molecule has 0 radical (unpaired) electrons. The molecule has 2 aromatic rings. The summed E-state index contributed by atoms with van der Waals surface area (Å²) in [5.74, 6) is 0.187. The molecule has 0 aliphatic carbocycles. The van der Waals surface area contributed by atoms with Gasteiger partial charge in [-0.15, -0.1) is 0 Å². The van der Waals surface area contributed by atoms with Crippen molar-refractivity contribution in [3.05, 3.63) is 63.6 Å². The van der Waals surface area contributed by atoms with E-state index < -0.39 is 6.04 Å². The van der Waals surface area contributed by atoms with Crippen LogP contribution in [0.4, 0.5) is 0 Å². The van der Waals surface area contributed by atoms with Gasteiger partial charge in [-0.2, -0.15) is 0 Å².